The third kappa shape index (κ3) is 4.09. The molecule has 4 amide bonds. The van der Waals surface area contributed by atoms with Gasteiger partial charge in [-0.05, 0) is 48.6 Å². The Hall–Kier alpha value is -3.53. The second-order valence-corrected chi connectivity index (χ2v) is 11.2. The number of nitrogens with one attached hydrogen (secondary N) is 2. The Balaban J connectivity index is 1.66. The average Bonchev–Trinajstić information content (AvgIpc) is 2.97. The van der Waals surface area contributed by atoms with Crippen molar-refractivity contribution in [1.29, 1.82) is 0 Å². The topological polar surface area (TPSA) is 130 Å². The molecule has 0 aromatic heterocycles. The van der Waals surface area contributed by atoms with Crippen LogP contribution in [0, 0.1) is 6.92 Å². The summed E-state index contributed by atoms with van der Waals surface area (Å²) in [5.74, 6) is -2.53. The first-order valence-electron chi connectivity index (χ1n) is 10.8. The van der Waals surface area contributed by atoms with Crippen molar-refractivity contribution in [3.8, 4) is 0 Å². The van der Waals surface area contributed by atoms with E-state index in [9.17, 15) is 27.6 Å². The van der Waals surface area contributed by atoms with Gasteiger partial charge >= 0.3 is 0 Å². The first kappa shape index (κ1) is 23.6. The number of rotatable bonds is 4. The summed E-state index contributed by atoms with van der Waals surface area (Å²) < 4.78 is 29.0. The molecule has 34 heavy (non-hydrogen) atoms. The Morgan fingerprint density at radius 3 is 2.29 bits per heavy atom. The van der Waals surface area contributed by atoms with Gasteiger partial charge in [-0.2, -0.15) is 0 Å². The van der Waals surface area contributed by atoms with Crippen molar-refractivity contribution < 1.29 is 27.6 Å². The fourth-order valence-electron chi connectivity index (χ4n) is 4.21. The molecule has 2 heterocycles. The minimum atomic E-state index is -4.00. The molecule has 2 aromatic carbocycles. The number of fused-ring (bicyclic) bond motifs is 1. The first-order chi connectivity index (χ1) is 15.8. The standard InChI is InChI=1S/C24H25N3O6S/c1-13-5-9-19(17(11-13)24(2,3)4)34(32,33)26-14-6-7-15-16(12-14)23(31)27(22(15)30)18-8-10-20(28)25-21(18)29/h5-7,9,11-12,18,26H,8,10H2,1-4H3,(H,25,28,29). The van der Waals surface area contributed by atoms with Crippen molar-refractivity contribution in [1.82, 2.24) is 10.2 Å². The molecular weight excluding hydrogens is 458 g/mol. The molecule has 2 aliphatic heterocycles. The van der Waals surface area contributed by atoms with E-state index in [1.165, 1.54) is 18.2 Å². The maximum absolute atomic E-state index is 13.3. The molecule has 2 aliphatic rings. The summed E-state index contributed by atoms with van der Waals surface area (Å²) >= 11 is 0. The lowest BCUT2D eigenvalue weighted by Gasteiger charge is -2.27. The van der Waals surface area contributed by atoms with Crippen molar-refractivity contribution in [2.45, 2.75) is 56.9 Å². The summed E-state index contributed by atoms with van der Waals surface area (Å²) in [6.45, 7) is 7.65. The van der Waals surface area contributed by atoms with E-state index < -0.39 is 45.1 Å². The predicted octanol–water partition coefficient (Wildman–Crippen LogP) is 2.49. The van der Waals surface area contributed by atoms with Crippen LogP contribution < -0.4 is 10.0 Å². The lowest BCUT2D eigenvalue weighted by atomic mass is 9.86. The number of hydrogen-bond donors (Lipinski definition) is 2. The molecule has 2 aromatic rings. The average molecular weight is 484 g/mol. The summed E-state index contributed by atoms with van der Waals surface area (Å²) in [6, 6.07) is 8.06. The number of anilines is 1. The molecule has 0 spiro atoms. The molecule has 1 unspecified atom stereocenters. The second kappa shape index (κ2) is 8.05. The minimum absolute atomic E-state index is 0.00477. The molecule has 178 valence electrons. The number of hydrogen-bond acceptors (Lipinski definition) is 6. The zero-order valence-corrected chi connectivity index (χ0v) is 20.1. The van der Waals surface area contributed by atoms with E-state index >= 15 is 0 Å². The summed E-state index contributed by atoms with van der Waals surface area (Å²) in [5.41, 5.74) is 1.33. The van der Waals surface area contributed by atoms with Crippen LogP contribution in [-0.2, 0) is 25.0 Å². The number of carbonyl (C=O) groups excluding carboxylic acids is 4. The SMILES string of the molecule is Cc1ccc(S(=O)(=O)Nc2ccc3c(c2)C(=O)N(C2CCC(=O)NC2=O)C3=O)c(C(C)(C)C)c1. The fraction of sp³-hybridized carbons (Fsp3) is 0.333. The summed E-state index contributed by atoms with van der Waals surface area (Å²) in [5, 5.41) is 2.14. The highest BCUT2D eigenvalue weighted by atomic mass is 32.2. The summed E-state index contributed by atoms with van der Waals surface area (Å²) in [7, 11) is -4.00. The van der Waals surface area contributed by atoms with Gasteiger partial charge < -0.3 is 0 Å². The van der Waals surface area contributed by atoms with Crippen LogP contribution in [-0.4, -0.2) is 43.0 Å². The summed E-state index contributed by atoms with van der Waals surface area (Å²) in [6.07, 6.45) is 0.0557. The van der Waals surface area contributed by atoms with Crippen LogP contribution in [0.4, 0.5) is 5.69 Å². The number of piperidine rings is 1. The van der Waals surface area contributed by atoms with E-state index in [0.717, 1.165) is 10.5 Å². The van der Waals surface area contributed by atoms with Gasteiger partial charge in [0.05, 0.1) is 16.0 Å². The fourth-order valence-corrected chi connectivity index (χ4v) is 5.66. The highest BCUT2D eigenvalue weighted by Crippen LogP contribution is 2.33. The highest BCUT2D eigenvalue weighted by Gasteiger charge is 2.44. The Labute approximate surface area is 197 Å². The molecule has 0 saturated carbocycles. The Bertz CT molecular complexity index is 1360. The molecule has 1 atom stereocenters. The molecule has 0 radical (unpaired) electrons. The van der Waals surface area contributed by atoms with E-state index in [-0.39, 0.29) is 34.6 Å². The zero-order chi connectivity index (χ0) is 25.0. The second-order valence-electron chi connectivity index (χ2n) is 9.56. The maximum atomic E-state index is 13.3. The Morgan fingerprint density at radius 2 is 1.65 bits per heavy atom. The number of imide groups is 2. The number of benzene rings is 2. The van der Waals surface area contributed by atoms with Gasteiger partial charge in [-0.3, -0.25) is 34.1 Å². The van der Waals surface area contributed by atoms with E-state index in [1.54, 1.807) is 12.1 Å². The van der Waals surface area contributed by atoms with Crippen molar-refractivity contribution in [3.05, 3.63) is 58.7 Å². The molecule has 0 bridgehead atoms. The van der Waals surface area contributed by atoms with Crippen LogP contribution in [0.2, 0.25) is 0 Å². The van der Waals surface area contributed by atoms with Crippen LogP contribution in [0.5, 0.6) is 0 Å². The van der Waals surface area contributed by atoms with Crippen LogP contribution in [0.3, 0.4) is 0 Å². The summed E-state index contributed by atoms with van der Waals surface area (Å²) in [4.78, 5) is 50.4. The molecule has 2 N–H and O–H groups in total. The Kier molecular flexibility index (Phi) is 5.59. The van der Waals surface area contributed by atoms with Crippen molar-refractivity contribution in [3.63, 3.8) is 0 Å². The molecule has 0 aliphatic carbocycles. The normalized spacial score (nSPS) is 18.7. The van der Waals surface area contributed by atoms with Crippen LogP contribution in [0.1, 0.15) is 65.5 Å². The van der Waals surface area contributed by atoms with Gasteiger partial charge in [0.25, 0.3) is 21.8 Å². The van der Waals surface area contributed by atoms with Crippen LogP contribution in [0.25, 0.3) is 0 Å². The largest absolute Gasteiger partial charge is 0.295 e. The number of carbonyl (C=O) groups is 4. The predicted molar refractivity (Wildman–Crippen MR) is 124 cm³/mol. The molecule has 10 heteroatoms. The van der Waals surface area contributed by atoms with Gasteiger partial charge in [0.2, 0.25) is 11.8 Å². The van der Waals surface area contributed by atoms with E-state index in [0.29, 0.717) is 5.56 Å². The van der Waals surface area contributed by atoms with E-state index in [1.807, 2.05) is 33.8 Å². The number of amides is 4. The monoisotopic (exact) mass is 483 g/mol. The molecule has 1 fully saturated rings. The molecule has 1 saturated heterocycles. The maximum Gasteiger partial charge on any atom is 0.262 e. The third-order valence-electron chi connectivity index (χ3n) is 5.92. The zero-order valence-electron chi connectivity index (χ0n) is 19.3. The van der Waals surface area contributed by atoms with Gasteiger partial charge in [0.1, 0.15) is 6.04 Å². The van der Waals surface area contributed by atoms with Crippen molar-refractivity contribution in [2.24, 2.45) is 0 Å². The van der Waals surface area contributed by atoms with Gasteiger partial charge in [-0.15, -0.1) is 0 Å². The molecule has 4 rings (SSSR count). The number of sulfonamides is 1. The van der Waals surface area contributed by atoms with Crippen LogP contribution >= 0.6 is 0 Å². The van der Waals surface area contributed by atoms with Crippen molar-refractivity contribution >= 4 is 39.3 Å². The van der Waals surface area contributed by atoms with Gasteiger partial charge in [0, 0.05) is 12.1 Å². The van der Waals surface area contributed by atoms with Crippen LogP contribution in [0.15, 0.2) is 41.3 Å². The first-order valence-corrected chi connectivity index (χ1v) is 12.3. The van der Waals surface area contributed by atoms with Gasteiger partial charge in [-0.25, -0.2) is 8.42 Å². The van der Waals surface area contributed by atoms with Crippen molar-refractivity contribution in [2.75, 3.05) is 4.72 Å². The molecular formula is C24H25N3O6S. The number of nitrogens with zero attached hydrogens (tertiary/aromatic N) is 1. The lowest BCUT2D eigenvalue weighted by molar-refractivity contribution is -0.136. The van der Waals surface area contributed by atoms with Gasteiger partial charge in [-0.1, -0.05) is 38.5 Å². The molecule has 9 nitrogen and oxygen atoms in total. The smallest absolute Gasteiger partial charge is 0.262 e. The third-order valence-corrected chi connectivity index (χ3v) is 7.36. The number of aryl methyl sites for hydroxylation is 1. The Morgan fingerprint density at radius 1 is 0.971 bits per heavy atom. The van der Waals surface area contributed by atoms with E-state index in [4.69, 9.17) is 0 Å². The van der Waals surface area contributed by atoms with E-state index in [2.05, 4.69) is 10.0 Å². The minimum Gasteiger partial charge on any atom is -0.295 e. The van der Waals surface area contributed by atoms with Gasteiger partial charge in [0.15, 0.2) is 0 Å². The quantitative estimate of drug-likeness (QED) is 0.643. The highest BCUT2D eigenvalue weighted by molar-refractivity contribution is 7.92. The lowest BCUT2D eigenvalue weighted by Crippen LogP contribution is -2.54.